The molecule has 1 fully saturated rings. The number of ether oxygens (including phenoxy) is 2. The van der Waals surface area contributed by atoms with Crippen LogP contribution < -0.4 is 4.74 Å². The minimum atomic E-state index is 0.0155. The third-order valence-corrected chi connectivity index (χ3v) is 4.86. The van der Waals surface area contributed by atoms with Gasteiger partial charge in [-0.1, -0.05) is 6.92 Å². The first-order valence-corrected chi connectivity index (χ1v) is 9.28. The molecule has 1 aromatic heterocycles. The molecule has 7 heteroatoms. The van der Waals surface area contributed by atoms with Crippen LogP contribution in [0, 0.1) is 0 Å². The molecule has 0 atom stereocenters. The van der Waals surface area contributed by atoms with Crippen LogP contribution in [0.2, 0.25) is 0 Å². The summed E-state index contributed by atoms with van der Waals surface area (Å²) in [6.45, 7) is 7.37. The van der Waals surface area contributed by atoms with Crippen molar-refractivity contribution in [1.82, 2.24) is 9.80 Å². The number of rotatable bonds is 6. The van der Waals surface area contributed by atoms with Crippen LogP contribution in [0.25, 0.3) is 11.0 Å². The van der Waals surface area contributed by atoms with Gasteiger partial charge in [-0.05, 0) is 34.6 Å². The van der Waals surface area contributed by atoms with Crippen LogP contribution in [0.15, 0.2) is 27.3 Å². The van der Waals surface area contributed by atoms with E-state index in [2.05, 4.69) is 27.8 Å². The summed E-state index contributed by atoms with van der Waals surface area (Å²) in [6, 6.07) is 5.44. The molecule has 0 unspecified atom stereocenters. The summed E-state index contributed by atoms with van der Waals surface area (Å²) >= 11 is 3.35. The fourth-order valence-electron chi connectivity index (χ4n) is 3.00. The van der Waals surface area contributed by atoms with Crippen LogP contribution in [0.1, 0.15) is 17.3 Å². The number of carbonyl (C=O) groups is 1. The average molecular weight is 411 g/mol. The lowest BCUT2D eigenvalue weighted by molar-refractivity contribution is 0.0643. The fourth-order valence-corrected chi connectivity index (χ4v) is 3.41. The molecule has 1 aromatic carbocycles. The van der Waals surface area contributed by atoms with Gasteiger partial charge in [-0.2, -0.15) is 0 Å². The number of methoxy groups -OCH3 is 1. The molecule has 0 bridgehead atoms. The summed E-state index contributed by atoms with van der Waals surface area (Å²) in [5.41, 5.74) is 1.23. The lowest BCUT2D eigenvalue weighted by atomic mass is 10.1. The standard InChI is InChI=1S/C18H23BrN2O4/c1-3-20-4-6-21(7-5-20)18(22)13-10-15(24-9-8-23-2)14-12-17(19)25-16(14)11-13/h10-12H,3-9H2,1-2H3. The minimum Gasteiger partial charge on any atom is -0.490 e. The Morgan fingerprint density at radius 1 is 1.20 bits per heavy atom. The quantitative estimate of drug-likeness (QED) is 0.685. The molecule has 2 aromatic rings. The first kappa shape index (κ1) is 18.2. The normalized spacial score (nSPS) is 15.7. The molecule has 1 aliphatic heterocycles. The molecule has 0 saturated carbocycles. The monoisotopic (exact) mass is 410 g/mol. The zero-order chi connectivity index (χ0) is 17.8. The highest BCUT2D eigenvalue weighted by Crippen LogP contribution is 2.33. The van der Waals surface area contributed by atoms with Crippen LogP contribution >= 0.6 is 15.9 Å². The Morgan fingerprint density at radius 3 is 2.64 bits per heavy atom. The topological polar surface area (TPSA) is 55.2 Å². The Balaban J connectivity index is 1.84. The molecule has 25 heavy (non-hydrogen) atoms. The lowest BCUT2D eigenvalue weighted by Crippen LogP contribution is -2.48. The Labute approximate surface area is 155 Å². The maximum Gasteiger partial charge on any atom is 0.254 e. The van der Waals surface area contributed by atoms with Crippen molar-refractivity contribution < 1.29 is 18.7 Å². The number of furan rings is 1. The molecule has 3 rings (SSSR count). The second kappa shape index (κ2) is 8.21. The van der Waals surface area contributed by atoms with Crippen LogP contribution in [-0.2, 0) is 4.74 Å². The van der Waals surface area contributed by atoms with Crippen molar-refractivity contribution in [3.63, 3.8) is 0 Å². The van der Waals surface area contributed by atoms with Gasteiger partial charge in [0.15, 0.2) is 4.67 Å². The largest absolute Gasteiger partial charge is 0.490 e. The summed E-state index contributed by atoms with van der Waals surface area (Å²) in [7, 11) is 1.63. The maximum atomic E-state index is 12.9. The van der Waals surface area contributed by atoms with Crippen molar-refractivity contribution >= 4 is 32.8 Å². The van der Waals surface area contributed by atoms with Crippen molar-refractivity contribution in [2.45, 2.75) is 6.92 Å². The highest BCUT2D eigenvalue weighted by atomic mass is 79.9. The van der Waals surface area contributed by atoms with Crippen LogP contribution in [-0.4, -0.2) is 68.8 Å². The smallest absolute Gasteiger partial charge is 0.254 e. The molecule has 6 nitrogen and oxygen atoms in total. The summed E-state index contributed by atoms with van der Waals surface area (Å²) in [5, 5.41) is 0.843. The summed E-state index contributed by atoms with van der Waals surface area (Å²) in [5.74, 6) is 0.654. The Bertz CT molecular complexity index is 738. The highest BCUT2D eigenvalue weighted by Gasteiger charge is 2.23. The summed E-state index contributed by atoms with van der Waals surface area (Å²) in [6.07, 6.45) is 0. The van der Waals surface area contributed by atoms with Crippen molar-refractivity contribution in [3.05, 3.63) is 28.4 Å². The second-order valence-electron chi connectivity index (χ2n) is 6.00. The van der Waals surface area contributed by atoms with E-state index in [0.29, 0.717) is 34.8 Å². The number of benzene rings is 1. The van der Waals surface area contributed by atoms with E-state index in [1.165, 1.54) is 0 Å². The zero-order valence-corrected chi connectivity index (χ0v) is 16.2. The molecule has 0 radical (unpaired) electrons. The first-order valence-electron chi connectivity index (χ1n) is 8.48. The molecule has 136 valence electrons. The van der Waals surface area contributed by atoms with Gasteiger partial charge in [-0.15, -0.1) is 0 Å². The van der Waals surface area contributed by atoms with Crippen LogP contribution in [0.3, 0.4) is 0 Å². The van der Waals surface area contributed by atoms with E-state index in [0.717, 1.165) is 38.1 Å². The molecular formula is C18H23BrN2O4. The fraction of sp³-hybridized carbons (Fsp3) is 0.500. The molecule has 0 aliphatic carbocycles. The third kappa shape index (κ3) is 4.16. The van der Waals surface area contributed by atoms with E-state index >= 15 is 0 Å². The number of carbonyl (C=O) groups excluding carboxylic acids is 1. The maximum absolute atomic E-state index is 12.9. The number of likely N-dealkylation sites (N-methyl/N-ethyl adjacent to an activating group) is 1. The third-order valence-electron chi connectivity index (χ3n) is 4.47. The number of amides is 1. The van der Waals surface area contributed by atoms with E-state index in [-0.39, 0.29) is 5.91 Å². The van der Waals surface area contributed by atoms with Gasteiger partial charge in [0.1, 0.15) is 17.9 Å². The number of fused-ring (bicyclic) bond motifs is 1. The predicted molar refractivity (Wildman–Crippen MR) is 99.3 cm³/mol. The van der Waals surface area contributed by atoms with E-state index in [4.69, 9.17) is 13.9 Å². The summed E-state index contributed by atoms with van der Waals surface area (Å²) < 4.78 is 17.1. The predicted octanol–water partition coefficient (Wildman–Crippen LogP) is 3.00. The Morgan fingerprint density at radius 2 is 1.96 bits per heavy atom. The van der Waals surface area contributed by atoms with E-state index < -0.39 is 0 Å². The van der Waals surface area contributed by atoms with Crippen LogP contribution in [0.4, 0.5) is 0 Å². The number of hydrogen-bond donors (Lipinski definition) is 0. The van der Waals surface area contributed by atoms with Gasteiger partial charge in [0, 0.05) is 44.9 Å². The molecule has 2 heterocycles. The van der Waals surface area contributed by atoms with Crippen molar-refractivity contribution in [2.24, 2.45) is 0 Å². The van der Waals surface area contributed by atoms with Gasteiger partial charge in [0.2, 0.25) is 0 Å². The zero-order valence-electron chi connectivity index (χ0n) is 14.6. The molecule has 1 amide bonds. The van der Waals surface area contributed by atoms with Gasteiger partial charge in [-0.25, -0.2) is 0 Å². The van der Waals surface area contributed by atoms with E-state index in [9.17, 15) is 4.79 Å². The molecule has 0 spiro atoms. The van der Waals surface area contributed by atoms with Gasteiger partial charge < -0.3 is 23.7 Å². The molecule has 1 saturated heterocycles. The number of piperazine rings is 1. The van der Waals surface area contributed by atoms with Crippen molar-refractivity contribution in [1.29, 1.82) is 0 Å². The van der Waals surface area contributed by atoms with E-state index in [1.54, 1.807) is 19.2 Å². The minimum absolute atomic E-state index is 0.0155. The Hall–Kier alpha value is -1.57. The molecule has 1 aliphatic rings. The SMILES string of the molecule is CCN1CCN(C(=O)c2cc(OCCOC)c3cc(Br)oc3c2)CC1. The lowest BCUT2D eigenvalue weighted by Gasteiger charge is -2.34. The average Bonchev–Trinajstić information content (AvgIpc) is 3.01. The van der Waals surface area contributed by atoms with Gasteiger partial charge in [0.25, 0.3) is 5.91 Å². The molecule has 0 N–H and O–H groups in total. The van der Waals surface area contributed by atoms with Crippen molar-refractivity contribution in [3.8, 4) is 5.75 Å². The van der Waals surface area contributed by atoms with Gasteiger partial charge >= 0.3 is 0 Å². The van der Waals surface area contributed by atoms with Crippen LogP contribution in [0.5, 0.6) is 5.75 Å². The Kier molecular flexibility index (Phi) is 5.98. The summed E-state index contributed by atoms with van der Waals surface area (Å²) in [4.78, 5) is 17.1. The highest BCUT2D eigenvalue weighted by molar-refractivity contribution is 9.10. The number of halogens is 1. The van der Waals surface area contributed by atoms with Crippen molar-refractivity contribution in [2.75, 3.05) is 53.0 Å². The van der Waals surface area contributed by atoms with Gasteiger partial charge in [-0.3, -0.25) is 4.79 Å². The second-order valence-corrected chi connectivity index (χ2v) is 6.79. The van der Waals surface area contributed by atoms with E-state index in [1.807, 2.05) is 11.0 Å². The van der Waals surface area contributed by atoms with Gasteiger partial charge in [0.05, 0.1) is 12.0 Å². The molecular weight excluding hydrogens is 388 g/mol. The number of hydrogen-bond acceptors (Lipinski definition) is 5. The number of nitrogens with zero attached hydrogens (tertiary/aromatic N) is 2. The first-order chi connectivity index (χ1) is 12.1.